The number of nitrogens with zero attached hydrogens (tertiary/aromatic N) is 1. The van der Waals surface area contributed by atoms with Gasteiger partial charge < -0.3 is 14.7 Å². The predicted octanol–water partition coefficient (Wildman–Crippen LogP) is 2.33. The molecule has 1 N–H and O–H groups in total. The highest BCUT2D eigenvalue weighted by Gasteiger charge is 2.22. The molecule has 0 saturated heterocycles. The molecule has 5 nitrogen and oxygen atoms in total. The molecule has 106 valence electrons. The Hall–Kier alpha value is -1.56. The fourth-order valence-electron chi connectivity index (χ4n) is 1.70. The smallest absolute Gasteiger partial charge is 0.305 e. The Morgan fingerprint density at radius 1 is 1.47 bits per heavy atom. The molecule has 0 unspecified atom stereocenters. The second-order valence-corrected chi connectivity index (χ2v) is 5.52. The normalized spacial score (nSPS) is 10.5. The third kappa shape index (κ3) is 4.55. The van der Waals surface area contributed by atoms with Crippen LogP contribution in [0.5, 0.6) is 5.75 Å². The maximum atomic E-state index is 12.4. The molecule has 1 aromatic heterocycles. The molecule has 1 heterocycles. The highest BCUT2D eigenvalue weighted by atomic mass is 32.1. The monoisotopic (exact) mass is 285 g/mol. The van der Waals surface area contributed by atoms with Gasteiger partial charge in [0.1, 0.15) is 10.6 Å². The van der Waals surface area contributed by atoms with Gasteiger partial charge >= 0.3 is 5.97 Å². The summed E-state index contributed by atoms with van der Waals surface area (Å²) in [7, 11) is 1.52. The molecule has 0 bridgehead atoms. The summed E-state index contributed by atoms with van der Waals surface area (Å²) in [6.45, 7) is 4.74. The first-order valence-electron chi connectivity index (χ1n) is 6.08. The van der Waals surface area contributed by atoms with E-state index in [9.17, 15) is 9.59 Å². The van der Waals surface area contributed by atoms with Crippen molar-refractivity contribution in [3.8, 4) is 5.75 Å². The van der Waals surface area contributed by atoms with Crippen LogP contribution in [0.25, 0.3) is 0 Å². The first-order chi connectivity index (χ1) is 8.95. The zero-order valence-electron chi connectivity index (χ0n) is 11.4. The number of carboxylic acid groups (broad SMARTS) is 1. The number of carbonyl (C=O) groups excluding carboxylic acids is 1. The lowest BCUT2D eigenvalue weighted by Crippen LogP contribution is -2.35. The SMILES string of the molecule is COc1ccsc1C(=O)N(CCC(=O)O)CC(C)C. The summed E-state index contributed by atoms with van der Waals surface area (Å²) < 4.78 is 5.13. The lowest BCUT2D eigenvalue weighted by molar-refractivity contribution is -0.137. The van der Waals surface area contributed by atoms with Crippen LogP contribution in [0.3, 0.4) is 0 Å². The van der Waals surface area contributed by atoms with Crippen LogP contribution in [0.1, 0.15) is 29.9 Å². The number of carbonyl (C=O) groups is 2. The van der Waals surface area contributed by atoms with Crippen LogP contribution >= 0.6 is 11.3 Å². The standard InChI is InChI=1S/C13H19NO4S/c1-9(2)8-14(6-4-11(15)16)13(17)12-10(18-3)5-7-19-12/h5,7,9H,4,6,8H2,1-3H3,(H,15,16). The van der Waals surface area contributed by atoms with Crippen molar-refractivity contribution in [1.82, 2.24) is 4.90 Å². The van der Waals surface area contributed by atoms with Crippen molar-refractivity contribution in [2.75, 3.05) is 20.2 Å². The molecule has 19 heavy (non-hydrogen) atoms. The molecular formula is C13H19NO4S. The number of ether oxygens (including phenoxy) is 1. The summed E-state index contributed by atoms with van der Waals surface area (Å²) in [5.41, 5.74) is 0. The van der Waals surface area contributed by atoms with Crippen LogP contribution in [0.2, 0.25) is 0 Å². The number of carboxylic acids is 1. The van der Waals surface area contributed by atoms with Crippen molar-refractivity contribution in [3.05, 3.63) is 16.3 Å². The minimum atomic E-state index is -0.903. The lowest BCUT2D eigenvalue weighted by Gasteiger charge is -2.23. The number of thiophene rings is 1. The third-order valence-corrected chi connectivity index (χ3v) is 3.40. The van der Waals surface area contributed by atoms with Crippen molar-refractivity contribution in [1.29, 1.82) is 0 Å². The minimum Gasteiger partial charge on any atom is -0.495 e. The fourth-order valence-corrected chi connectivity index (χ4v) is 2.53. The minimum absolute atomic E-state index is 0.0495. The van der Waals surface area contributed by atoms with E-state index in [2.05, 4.69) is 0 Å². The highest BCUT2D eigenvalue weighted by molar-refractivity contribution is 7.12. The molecule has 0 radical (unpaired) electrons. The third-order valence-electron chi connectivity index (χ3n) is 2.51. The molecule has 0 fully saturated rings. The van der Waals surface area contributed by atoms with E-state index in [-0.39, 0.29) is 24.8 Å². The van der Waals surface area contributed by atoms with Gasteiger partial charge in [-0.3, -0.25) is 9.59 Å². The second-order valence-electron chi connectivity index (χ2n) is 4.61. The molecule has 0 aliphatic heterocycles. The van der Waals surface area contributed by atoms with Crippen LogP contribution in [-0.2, 0) is 4.79 Å². The maximum Gasteiger partial charge on any atom is 0.305 e. The van der Waals surface area contributed by atoms with Crippen molar-refractivity contribution in [2.24, 2.45) is 5.92 Å². The Morgan fingerprint density at radius 3 is 2.68 bits per heavy atom. The molecule has 6 heteroatoms. The zero-order valence-corrected chi connectivity index (χ0v) is 12.2. The van der Waals surface area contributed by atoms with Crippen molar-refractivity contribution < 1.29 is 19.4 Å². The van der Waals surface area contributed by atoms with Crippen molar-refractivity contribution in [3.63, 3.8) is 0 Å². The molecule has 1 rings (SSSR count). The van der Waals surface area contributed by atoms with Gasteiger partial charge in [0.2, 0.25) is 0 Å². The second kappa shape index (κ2) is 7.13. The quantitative estimate of drug-likeness (QED) is 0.835. The van der Waals surface area contributed by atoms with E-state index in [4.69, 9.17) is 9.84 Å². The summed E-state index contributed by atoms with van der Waals surface area (Å²) in [5.74, 6) is -0.246. The molecule has 0 aliphatic carbocycles. The van der Waals surface area contributed by atoms with E-state index < -0.39 is 5.97 Å². The number of aliphatic carboxylic acids is 1. The van der Waals surface area contributed by atoms with Crippen LogP contribution in [-0.4, -0.2) is 42.1 Å². The molecule has 0 aromatic carbocycles. The Morgan fingerprint density at radius 2 is 2.16 bits per heavy atom. The molecule has 0 spiro atoms. The predicted molar refractivity (Wildman–Crippen MR) is 73.9 cm³/mol. The first-order valence-corrected chi connectivity index (χ1v) is 6.96. The summed E-state index contributed by atoms with van der Waals surface area (Å²) in [5, 5.41) is 10.5. The van der Waals surface area contributed by atoms with Crippen LogP contribution in [0.15, 0.2) is 11.4 Å². The van der Waals surface area contributed by atoms with Gasteiger partial charge in [-0.1, -0.05) is 13.8 Å². The number of rotatable bonds is 7. The Labute approximate surface area is 116 Å². The van der Waals surface area contributed by atoms with Gasteiger partial charge in [-0.15, -0.1) is 11.3 Å². The Balaban J connectivity index is 2.84. The van der Waals surface area contributed by atoms with E-state index in [1.165, 1.54) is 18.4 Å². The Bertz CT molecular complexity index is 442. The van der Waals surface area contributed by atoms with Gasteiger partial charge in [-0.2, -0.15) is 0 Å². The summed E-state index contributed by atoms with van der Waals surface area (Å²) in [6.07, 6.45) is -0.0495. The number of hydrogen-bond donors (Lipinski definition) is 1. The van der Waals surface area contributed by atoms with Crippen LogP contribution in [0, 0.1) is 5.92 Å². The Kier molecular flexibility index (Phi) is 5.82. The van der Waals surface area contributed by atoms with Gasteiger partial charge in [-0.05, 0) is 17.4 Å². The molecule has 1 amide bonds. The zero-order chi connectivity index (χ0) is 14.4. The average Bonchev–Trinajstić information content (AvgIpc) is 2.81. The molecular weight excluding hydrogens is 266 g/mol. The number of hydrogen-bond acceptors (Lipinski definition) is 4. The topological polar surface area (TPSA) is 66.8 Å². The molecule has 0 aliphatic rings. The molecule has 0 saturated carbocycles. The lowest BCUT2D eigenvalue weighted by atomic mass is 10.2. The summed E-state index contributed by atoms with van der Waals surface area (Å²) in [6, 6.07) is 1.74. The van der Waals surface area contributed by atoms with E-state index in [0.717, 1.165) is 0 Å². The first kappa shape index (κ1) is 15.5. The highest BCUT2D eigenvalue weighted by Crippen LogP contribution is 2.26. The van der Waals surface area contributed by atoms with E-state index >= 15 is 0 Å². The number of amides is 1. The number of methoxy groups -OCH3 is 1. The van der Waals surface area contributed by atoms with Crippen LogP contribution in [0.4, 0.5) is 0 Å². The maximum absolute atomic E-state index is 12.4. The van der Waals surface area contributed by atoms with Gasteiger partial charge in [0.25, 0.3) is 5.91 Å². The van der Waals surface area contributed by atoms with E-state index in [1.54, 1.807) is 16.3 Å². The van der Waals surface area contributed by atoms with E-state index in [1.807, 2.05) is 13.8 Å². The largest absolute Gasteiger partial charge is 0.495 e. The molecule has 1 aromatic rings. The van der Waals surface area contributed by atoms with Gasteiger partial charge in [0, 0.05) is 13.1 Å². The van der Waals surface area contributed by atoms with Gasteiger partial charge in [0.15, 0.2) is 0 Å². The fraction of sp³-hybridized carbons (Fsp3) is 0.538. The van der Waals surface area contributed by atoms with Gasteiger partial charge in [-0.25, -0.2) is 0 Å². The van der Waals surface area contributed by atoms with Crippen LogP contribution < -0.4 is 4.74 Å². The average molecular weight is 285 g/mol. The van der Waals surface area contributed by atoms with Crippen molar-refractivity contribution >= 4 is 23.2 Å². The summed E-state index contributed by atoms with van der Waals surface area (Å²) in [4.78, 5) is 25.2. The molecule has 0 atom stereocenters. The summed E-state index contributed by atoms with van der Waals surface area (Å²) >= 11 is 1.31. The van der Waals surface area contributed by atoms with E-state index in [0.29, 0.717) is 17.2 Å². The van der Waals surface area contributed by atoms with Crippen molar-refractivity contribution in [2.45, 2.75) is 20.3 Å². The van der Waals surface area contributed by atoms with Gasteiger partial charge in [0.05, 0.1) is 13.5 Å².